The number of nitrogens with two attached hydrogens (primary N) is 1. The minimum Gasteiger partial charge on any atom is -0.461 e. The Morgan fingerprint density at radius 2 is 1.91 bits per heavy atom. The van der Waals surface area contributed by atoms with Crippen LogP contribution in [0, 0.1) is 34.0 Å². The lowest BCUT2D eigenvalue weighted by molar-refractivity contribution is -0.207. The smallest absolute Gasteiger partial charge is 0.320 e. The summed E-state index contributed by atoms with van der Waals surface area (Å²) >= 11 is 0. The van der Waals surface area contributed by atoms with Crippen molar-refractivity contribution in [3.05, 3.63) is 25.3 Å². The molecule has 290 valence electrons. The van der Waals surface area contributed by atoms with E-state index in [1.54, 1.807) is 12.7 Å². The number of hydrogen-bond acceptors (Lipinski definition) is 11. The normalized spacial score (nSPS) is 37.7. The van der Waals surface area contributed by atoms with Crippen molar-refractivity contribution in [1.29, 1.82) is 0 Å². The lowest BCUT2D eigenvalue weighted by atomic mass is 9.44. The predicted molar refractivity (Wildman–Crippen MR) is 202 cm³/mol. The third kappa shape index (κ3) is 6.38. The van der Waals surface area contributed by atoms with E-state index in [0.717, 1.165) is 56.5 Å². The number of anilines is 1. The molecule has 0 radical (unpaired) electrons. The largest absolute Gasteiger partial charge is 0.461 e. The van der Waals surface area contributed by atoms with Gasteiger partial charge >= 0.3 is 5.97 Å². The maximum atomic E-state index is 13.9. The first kappa shape index (κ1) is 37.9. The number of aryl methyl sites for hydroxylation is 1. The van der Waals surface area contributed by atoms with Gasteiger partial charge in [-0.25, -0.2) is 15.0 Å². The van der Waals surface area contributed by atoms with Crippen molar-refractivity contribution in [2.75, 3.05) is 44.2 Å². The van der Waals surface area contributed by atoms with E-state index >= 15 is 0 Å². The monoisotopic (exact) mass is 732 g/mol. The topological polar surface area (TPSA) is 160 Å². The molecule has 2 aromatic heterocycles. The molecule has 13 nitrogen and oxygen atoms in total. The Kier molecular flexibility index (Phi) is 10.2. The number of Topliss-reactive ketones (excluding diaryl/α,β-unsaturated/α-hetero) is 1. The molecule has 5 fully saturated rings. The molecule has 2 aliphatic heterocycles. The molecular formula is C40H60N8O5. The average molecular weight is 733 g/mol. The molecule has 3 aliphatic carbocycles. The second-order valence-corrected chi connectivity index (χ2v) is 17.5. The number of nitrogens with zero attached hydrogens (tertiary/aromatic N) is 7. The van der Waals surface area contributed by atoms with Gasteiger partial charge in [0.05, 0.1) is 19.0 Å². The Labute approximate surface area is 313 Å². The fourth-order valence-electron chi connectivity index (χ4n) is 11.2. The summed E-state index contributed by atoms with van der Waals surface area (Å²) in [5.41, 5.74) is 6.03. The Hall–Kier alpha value is -3.42. The Morgan fingerprint density at radius 1 is 1.11 bits per heavy atom. The number of imidazole rings is 1. The van der Waals surface area contributed by atoms with E-state index in [2.05, 4.69) is 59.0 Å². The van der Waals surface area contributed by atoms with Gasteiger partial charge in [-0.15, -0.1) is 6.58 Å². The van der Waals surface area contributed by atoms with Crippen LogP contribution in [0.25, 0.3) is 11.2 Å². The molecule has 10 atom stereocenters. The van der Waals surface area contributed by atoms with Gasteiger partial charge in [0.15, 0.2) is 17.0 Å². The standard InChI is InChI=1S/C40H60N8O5/c1-7-28-21-45(17-18-48(28)31(50)12-16-47-24-44-33-36(42-23-43-37(33)47)46-15-11-27(41)20-46)22-32(51)53-30-19-38(5,8-2)35(52)26(4)40-13-9-25(3)39(30,6)34(40)29(49)10-14-40/h8,23-28,30,34-35,52H,2,7,9-22,41H2,1,3-6H3/t25-,26+,27?,28?,30-,34-,35+,38-,39+,40+/m1/s1. The van der Waals surface area contributed by atoms with Crippen molar-refractivity contribution in [3.63, 3.8) is 0 Å². The van der Waals surface area contributed by atoms with Crippen LogP contribution >= 0.6 is 0 Å². The van der Waals surface area contributed by atoms with Gasteiger partial charge in [0.25, 0.3) is 0 Å². The van der Waals surface area contributed by atoms with Crippen LogP contribution in [0.1, 0.15) is 86.0 Å². The highest BCUT2D eigenvalue weighted by Gasteiger charge is 2.68. The quantitative estimate of drug-likeness (QED) is 0.287. The molecule has 1 amide bonds. The molecule has 5 aliphatic rings. The highest BCUT2D eigenvalue weighted by atomic mass is 16.5. The Balaban J connectivity index is 1.01. The number of ether oxygens (including phenoxy) is 1. The van der Waals surface area contributed by atoms with Crippen molar-refractivity contribution in [2.45, 2.75) is 117 Å². The summed E-state index contributed by atoms with van der Waals surface area (Å²) in [4.78, 5) is 61.1. The molecule has 2 bridgehead atoms. The summed E-state index contributed by atoms with van der Waals surface area (Å²) in [6.07, 6.45) is 9.40. The third-order valence-corrected chi connectivity index (χ3v) is 14.8. The van der Waals surface area contributed by atoms with Gasteiger partial charge in [-0.1, -0.05) is 40.7 Å². The maximum absolute atomic E-state index is 13.9. The summed E-state index contributed by atoms with van der Waals surface area (Å²) in [5.74, 6) is 0.626. The Morgan fingerprint density at radius 3 is 2.62 bits per heavy atom. The van der Waals surface area contributed by atoms with Gasteiger partial charge in [-0.3, -0.25) is 19.3 Å². The van der Waals surface area contributed by atoms with E-state index in [4.69, 9.17) is 10.5 Å². The number of esters is 1. The minimum absolute atomic E-state index is 0.0356. The van der Waals surface area contributed by atoms with Crippen molar-refractivity contribution < 1.29 is 24.2 Å². The lowest BCUT2D eigenvalue weighted by Gasteiger charge is -2.61. The van der Waals surface area contributed by atoms with E-state index in [0.29, 0.717) is 51.1 Å². The number of aliphatic hydroxyl groups excluding tert-OH is 1. The minimum atomic E-state index is -0.698. The van der Waals surface area contributed by atoms with Crippen LogP contribution in [0.5, 0.6) is 0 Å². The molecule has 3 saturated carbocycles. The third-order valence-electron chi connectivity index (χ3n) is 14.8. The van der Waals surface area contributed by atoms with Crippen molar-refractivity contribution in [2.24, 2.45) is 39.7 Å². The second-order valence-electron chi connectivity index (χ2n) is 17.5. The number of piperazine rings is 1. The van der Waals surface area contributed by atoms with E-state index in [-0.39, 0.29) is 59.5 Å². The van der Waals surface area contributed by atoms with E-state index < -0.39 is 23.0 Å². The average Bonchev–Trinajstić information content (AvgIpc) is 3.87. The number of fused-ring (bicyclic) bond motifs is 1. The molecule has 0 aromatic carbocycles. The summed E-state index contributed by atoms with van der Waals surface area (Å²) in [6, 6.07) is 0.0844. The number of amides is 1. The van der Waals surface area contributed by atoms with Gasteiger partial charge in [0, 0.05) is 80.9 Å². The fourth-order valence-corrected chi connectivity index (χ4v) is 11.2. The molecule has 2 aromatic rings. The highest BCUT2D eigenvalue weighted by Crippen LogP contribution is 2.68. The summed E-state index contributed by atoms with van der Waals surface area (Å²) in [7, 11) is 0. The van der Waals surface area contributed by atoms with Crippen molar-refractivity contribution in [1.82, 2.24) is 29.3 Å². The predicted octanol–water partition coefficient (Wildman–Crippen LogP) is 3.58. The molecular weight excluding hydrogens is 672 g/mol. The first-order chi connectivity index (χ1) is 25.3. The molecule has 4 heterocycles. The molecule has 13 heteroatoms. The van der Waals surface area contributed by atoms with Crippen LogP contribution in [-0.4, -0.2) is 116 Å². The first-order valence-electron chi connectivity index (χ1n) is 20.0. The van der Waals surface area contributed by atoms with Crippen molar-refractivity contribution >= 4 is 34.6 Å². The zero-order valence-electron chi connectivity index (χ0n) is 32.4. The van der Waals surface area contributed by atoms with Crippen LogP contribution in [0.3, 0.4) is 0 Å². The van der Waals surface area contributed by atoms with Gasteiger partial charge in [0.2, 0.25) is 5.91 Å². The Bertz CT molecular complexity index is 1730. The van der Waals surface area contributed by atoms with Crippen LogP contribution in [0.15, 0.2) is 25.3 Å². The van der Waals surface area contributed by atoms with Crippen LogP contribution in [0.2, 0.25) is 0 Å². The van der Waals surface area contributed by atoms with E-state index in [9.17, 15) is 19.5 Å². The van der Waals surface area contributed by atoms with Gasteiger partial charge < -0.3 is 29.9 Å². The van der Waals surface area contributed by atoms with Gasteiger partial charge in [0.1, 0.15) is 18.2 Å². The van der Waals surface area contributed by atoms with Crippen LogP contribution in [-0.2, 0) is 25.7 Å². The number of aliphatic hydroxyl groups is 1. The number of rotatable bonds is 9. The van der Waals surface area contributed by atoms with Crippen LogP contribution in [0.4, 0.5) is 5.82 Å². The van der Waals surface area contributed by atoms with Crippen molar-refractivity contribution in [3.8, 4) is 0 Å². The number of hydrogen-bond donors (Lipinski definition) is 2. The van der Waals surface area contributed by atoms with E-state index in [1.807, 2.05) is 22.5 Å². The molecule has 2 saturated heterocycles. The second kappa shape index (κ2) is 14.3. The number of ketones is 1. The number of aromatic nitrogens is 4. The molecule has 0 spiro atoms. The summed E-state index contributed by atoms with van der Waals surface area (Å²) < 4.78 is 8.45. The zero-order chi connectivity index (χ0) is 37.9. The summed E-state index contributed by atoms with van der Waals surface area (Å²) in [5, 5.41) is 11.8. The molecule has 7 rings (SSSR count). The maximum Gasteiger partial charge on any atom is 0.320 e. The van der Waals surface area contributed by atoms with Gasteiger partial charge in [-0.2, -0.15) is 0 Å². The number of carbonyl (C=O) groups is 3. The van der Waals surface area contributed by atoms with Gasteiger partial charge in [-0.05, 0) is 55.8 Å². The SMILES string of the molecule is C=C[C@]1(C)C[C@@H](OC(=O)CN2CCN(C(=O)CCn3cnc4c(N5CCC(N)C5)ncnc43)C(CC)C2)[C@]2(C)[C@H](C)CC[C@]3(CCC(=O)[C@@H]32)[C@@H](C)[C@@H]1O. The molecule has 53 heavy (non-hydrogen) atoms. The zero-order valence-corrected chi connectivity index (χ0v) is 32.4. The number of carbonyl (C=O) groups excluding carboxylic acids is 3. The molecule has 2 unspecified atom stereocenters. The fraction of sp³-hybridized carbons (Fsp3) is 0.750. The highest BCUT2D eigenvalue weighted by molar-refractivity contribution is 5.86. The lowest BCUT2D eigenvalue weighted by Crippen LogP contribution is -2.63. The van der Waals surface area contributed by atoms with Crippen LogP contribution < -0.4 is 10.6 Å². The molecule has 3 N–H and O–H groups in total. The summed E-state index contributed by atoms with van der Waals surface area (Å²) in [6.45, 7) is 18.5. The first-order valence-corrected chi connectivity index (χ1v) is 20.0. The van der Waals surface area contributed by atoms with E-state index in [1.165, 1.54) is 0 Å².